The van der Waals surface area contributed by atoms with E-state index in [4.69, 9.17) is 10.8 Å². The zero-order chi connectivity index (χ0) is 10.9. The number of hydrogen-bond donors (Lipinski definition) is 2. The van der Waals surface area contributed by atoms with Crippen LogP contribution in [0.25, 0.3) is 0 Å². The first-order chi connectivity index (χ1) is 6.34. The highest BCUT2D eigenvalue weighted by Gasteiger charge is 2.42. The summed E-state index contributed by atoms with van der Waals surface area (Å²) in [4.78, 5) is 10.1. The first kappa shape index (κ1) is 10.7. The number of thioether (sulfide) groups is 1. The maximum absolute atomic E-state index is 12.7. The summed E-state index contributed by atoms with van der Waals surface area (Å²) in [5.74, 6) is -2.29. The van der Waals surface area contributed by atoms with E-state index in [1.807, 2.05) is 0 Å². The average Bonchev–Trinajstić information content (AvgIpc) is 2.35. The quantitative estimate of drug-likeness (QED) is 0.710. The Morgan fingerprint density at radius 3 is 2.57 bits per heavy atom. The summed E-state index contributed by atoms with van der Waals surface area (Å²) < 4.78 is 26.4. The van der Waals surface area contributed by atoms with E-state index in [0.29, 0.717) is 0 Å². The lowest BCUT2D eigenvalue weighted by molar-refractivity contribution is -0.152. The third-order valence-corrected chi connectivity index (χ3v) is 2.31. The molecule has 6 nitrogen and oxygen atoms in total. The van der Waals surface area contributed by atoms with Crippen LogP contribution < -0.4 is 5.73 Å². The number of nitrogens with two attached hydrogens (primary N) is 1. The predicted octanol–water partition coefficient (Wildman–Crippen LogP) is 0.167. The van der Waals surface area contributed by atoms with Crippen LogP contribution in [-0.2, 0) is 11.8 Å². The Hall–Kier alpha value is -1.38. The van der Waals surface area contributed by atoms with Crippen molar-refractivity contribution in [1.82, 2.24) is 14.8 Å². The van der Waals surface area contributed by atoms with E-state index in [0.717, 1.165) is 4.57 Å². The lowest BCUT2D eigenvalue weighted by Crippen LogP contribution is -2.24. The summed E-state index contributed by atoms with van der Waals surface area (Å²) in [5.41, 5.74) is 5.22. The van der Waals surface area contributed by atoms with Crippen LogP contribution in [0.5, 0.6) is 0 Å². The number of aliphatic carboxylic acids is 1. The second-order valence-corrected chi connectivity index (χ2v) is 3.41. The molecule has 78 valence electrons. The van der Waals surface area contributed by atoms with Crippen molar-refractivity contribution in [3.8, 4) is 0 Å². The molecule has 1 rings (SSSR count). The molecule has 0 bridgehead atoms. The molecule has 0 aliphatic heterocycles. The highest BCUT2D eigenvalue weighted by atomic mass is 32.2. The minimum atomic E-state index is -3.94. The lowest BCUT2D eigenvalue weighted by Gasteiger charge is -2.08. The molecule has 1 aromatic heterocycles. The van der Waals surface area contributed by atoms with Crippen molar-refractivity contribution >= 4 is 23.7 Å². The molecule has 1 aromatic rings. The Bertz CT molecular complexity index is 367. The molecule has 0 aromatic carbocycles. The van der Waals surface area contributed by atoms with Crippen LogP contribution in [-0.4, -0.2) is 31.1 Å². The van der Waals surface area contributed by atoms with Gasteiger partial charge in [-0.25, -0.2) is 4.79 Å². The van der Waals surface area contributed by atoms with Gasteiger partial charge in [-0.3, -0.25) is 4.57 Å². The van der Waals surface area contributed by atoms with Gasteiger partial charge in [0.15, 0.2) is 5.16 Å². The number of carboxylic acid groups (broad SMARTS) is 1. The smallest absolute Gasteiger partial charge is 0.395 e. The Kier molecular flexibility index (Phi) is 2.60. The number of alkyl halides is 2. The normalized spacial score (nSPS) is 11.6. The minimum absolute atomic E-state index is 0.0614. The second kappa shape index (κ2) is 3.40. The Morgan fingerprint density at radius 2 is 2.21 bits per heavy atom. The number of aromatic nitrogens is 3. The van der Waals surface area contributed by atoms with Crippen molar-refractivity contribution in [2.24, 2.45) is 7.05 Å². The van der Waals surface area contributed by atoms with Gasteiger partial charge in [0.25, 0.3) is 0 Å². The topological polar surface area (TPSA) is 94.0 Å². The monoisotopic (exact) mass is 224 g/mol. The summed E-state index contributed by atoms with van der Waals surface area (Å²) >= 11 is -0.222. The molecule has 9 heteroatoms. The highest BCUT2D eigenvalue weighted by molar-refractivity contribution is 8.00. The van der Waals surface area contributed by atoms with Gasteiger partial charge in [0.1, 0.15) is 0 Å². The van der Waals surface area contributed by atoms with E-state index >= 15 is 0 Å². The maximum atomic E-state index is 12.7. The van der Waals surface area contributed by atoms with Gasteiger partial charge < -0.3 is 10.8 Å². The van der Waals surface area contributed by atoms with Crippen LogP contribution in [0.15, 0.2) is 5.16 Å². The van der Waals surface area contributed by atoms with Crippen molar-refractivity contribution in [1.29, 1.82) is 0 Å². The molecule has 0 atom stereocenters. The molecule has 14 heavy (non-hydrogen) atoms. The molecule has 3 N–H and O–H groups in total. The van der Waals surface area contributed by atoms with E-state index in [1.165, 1.54) is 7.05 Å². The number of carbonyl (C=O) groups is 1. The Balaban J connectivity index is 2.89. The summed E-state index contributed by atoms with van der Waals surface area (Å²) in [5, 5.41) is 10.5. The fraction of sp³-hybridized carbons (Fsp3) is 0.400. The second-order valence-electron chi connectivity index (χ2n) is 2.32. The van der Waals surface area contributed by atoms with E-state index < -0.39 is 11.2 Å². The van der Waals surface area contributed by atoms with E-state index in [2.05, 4.69) is 10.2 Å². The van der Waals surface area contributed by atoms with Crippen LogP contribution in [0.2, 0.25) is 0 Å². The zero-order valence-corrected chi connectivity index (χ0v) is 7.76. The van der Waals surface area contributed by atoms with Gasteiger partial charge in [-0.1, -0.05) is 0 Å². The molecule has 0 spiro atoms. The molecule has 1 heterocycles. The van der Waals surface area contributed by atoms with Crippen LogP contribution in [0, 0.1) is 0 Å². The molecule has 0 aliphatic rings. The van der Waals surface area contributed by atoms with E-state index in [-0.39, 0.29) is 22.9 Å². The van der Waals surface area contributed by atoms with Gasteiger partial charge in [0.05, 0.1) is 0 Å². The minimum Gasteiger partial charge on any atom is -0.476 e. The van der Waals surface area contributed by atoms with E-state index in [1.54, 1.807) is 0 Å². The van der Waals surface area contributed by atoms with E-state index in [9.17, 15) is 13.6 Å². The van der Waals surface area contributed by atoms with Gasteiger partial charge in [-0.05, 0) is 0 Å². The third-order valence-electron chi connectivity index (χ3n) is 1.34. The number of halogens is 2. The van der Waals surface area contributed by atoms with Crippen molar-refractivity contribution in [2.45, 2.75) is 10.4 Å². The van der Waals surface area contributed by atoms with Crippen molar-refractivity contribution < 1.29 is 18.7 Å². The number of carboxylic acids is 1. The SMILES string of the molecule is Cn1c(N)nnc1SC(F)(F)C(=O)O. The first-order valence-corrected chi connectivity index (χ1v) is 4.11. The molecule has 0 unspecified atom stereocenters. The molecular formula is C5H6F2N4O2S. The lowest BCUT2D eigenvalue weighted by atomic mass is 10.7. The van der Waals surface area contributed by atoms with Crippen molar-refractivity contribution in [3.63, 3.8) is 0 Å². The number of anilines is 1. The number of rotatable bonds is 3. The summed E-state index contributed by atoms with van der Waals surface area (Å²) in [6.07, 6.45) is 0. The van der Waals surface area contributed by atoms with Crippen LogP contribution in [0.3, 0.4) is 0 Å². The molecule has 0 saturated heterocycles. The highest BCUT2D eigenvalue weighted by Crippen LogP contribution is 2.34. The first-order valence-electron chi connectivity index (χ1n) is 3.29. The molecule has 0 fully saturated rings. The van der Waals surface area contributed by atoms with Crippen LogP contribution in [0.1, 0.15) is 0 Å². The number of nitrogens with zero attached hydrogens (tertiary/aromatic N) is 3. The fourth-order valence-corrected chi connectivity index (χ4v) is 1.20. The van der Waals surface area contributed by atoms with Crippen molar-refractivity contribution in [3.05, 3.63) is 0 Å². The number of hydrogen-bond acceptors (Lipinski definition) is 5. The summed E-state index contributed by atoms with van der Waals surface area (Å²) in [7, 11) is 1.36. The molecular weight excluding hydrogens is 218 g/mol. The summed E-state index contributed by atoms with van der Waals surface area (Å²) in [6.45, 7) is 0. The maximum Gasteiger partial charge on any atom is 0.395 e. The van der Waals surface area contributed by atoms with Gasteiger partial charge >= 0.3 is 11.2 Å². The van der Waals surface area contributed by atoms with Crippen LogP contribution in [0.4, 0.5) is 14.7 Å². The van der Waals surface area contributed by atoms with Crippen molar-refractivity contribution in [2.75, 3.05) is 5.73 Å². The van der Waals surface area contributed by atoms with Gasteiger partial charge in [-0.2, -0.15) is 8.78 Å². The average molecular weight is 224 g/mol. The van der Waals surface area contributed by atoms with Gasteiger partial charge in [-0.15, -0.1) is 10.2 Å². The standard InChI is InChI=1S/C5H6F2N4O2S/c1-11-3(8)9-10-4(11)14-5(6,7)2(12)13/h1H3,(H2,8,9)(H,12,13). The summed E-state index contributed by atoms with van der Waals surface area (Å²) in [6, 6.07) is 0. The largest absolute Gasteiger partial charge is 0.476 e. The number of nitrogen functional groups attached to an aromatic ring is 1. The Labute approximate surface area is 81.1 Å². The predicted molar refractivity (Wildman–Crippen MR) is 43.9 cm³/mol. The van der Waals surface area contributed by atoms with Crippen LogP contribution >= 0.6 is 11.8 Å². The molecule has 0 radical (unpaired) electrons. The zero-order valence-electron chi connectivity index (χ0n) is 6.94. The molecule has 0 saturated carbocycles. The van der Waals surface area contributed by atoms with Gasteiger partial charge in [0.2, 0.25) is 5.95 Å². The third kappa shape index (κ3) is 1.92. The Morgan fingerprint density at radius 1 is 1.64 bits per heavy atom. The molecule has 0 amide bonds. The van der Waals surface area contributed by atoms with Gasteiger partial charge in [0, 0.05) is 18.8 Å². The fourth-order valence-electron chi connectivity index (χ4n) is 0.573. The molecule has 0 aliphatic carbocycles.